The molecule has 3 aromatic carbocycles. The van der Waals surface area contributed by atoms with Crippen molar-refractivity contribution in [3.63, 3.8) is 0 Å². The molecule has 0 unspecified atom stereocenters. The number of methoxy groups -OCH3 is 2. The summed E-state index contributed by atoms with van der Waals surface area (Å²) in [5.74, 6) is 0.250. The number of nitrogens with zero attached hydrogens (tertiary/aromatic N) is 1. The Morgan fingerprint density at radius 2 is 1.67 bits per heavy atom. The second-order valence-corrected chi connectivity index (χ2v) is 9.80. The predicted octanol–water partition coefficient (Wildman–Crippen LogP) is 3.83. The summed E-state index contributed by atoms with van der Waals surface area (Å²) in [4.78, 5) is 13.4. The lowest BCUT2D eigenvalue weighted by molar-refractivity contribution is 0.102. The average molecular weight is 517 g/mol. The molecule has 0 aromatic heterocycles. The summed E-state index contributed by atoms with van der Waals surface area (Å²) in [7, 11) is -1.18. The fraction of sp³-hybridized carbons (Fsp3) is 0.240. The van der Waals surface area contributed by atoms with E-state index in [1.807, 2.05) is 0 Å². The van der Waals surface area contributed by atoms with E-state index >= 15 is 0 Å². The zero-order valence-corrected chi connectivity index (χ0v) is 20.7. The first-order valence-corrected chi connectivity index (χ1v) is 12.7. The molecule has 0 saturated heterocycles. The van der Waals surface area contributed by atoms with E-state index in [9.17, 15) is 17.6 Å². The molecule has 4 rings (SSSR count). The van der Waals surface area contributed by atoms with Crippen molar-refractivity contribution in [2.45, 2.75) is 6.54 Å². The fourth-order valence-corrected chi connectivity index (χ4v) is 4.62. The number of sulfonamides is 1. The largest absolute Gasteiger partial charge is 0.493 e. The van der Waals surface area contributed by atoms with E-state index in [1.165, 1.54) is 44.6 Å². The lowest BCUT2D eigenvalue weighted by Crippen LogP contribution is -2.32. The van der Waals surface area contributed by atoms with Crippen LogP contribution in [0.3, 0.4) is 0 Å². The molecule has 9 nitrogen and oxygen atoms in total. The van der Waals surface area contributed by atoms with Crippen LogP contribution in [0.15, 0.2) is 54.6 Å². The van der Waals surface area contributed by atoms with Crippen LogP contribution in [0.4, 0.5) is 15.8 Å². The number of nitrogens with one attached hydrogen (secondary N) is 1. The molecule has 1 amide bonds. The Bertz CT molecular complexity index is 1400. The van der Waals surface area contributed by atoms with Gasteiger partial charge in [0.2, 0.25) is 10.0 Å². The Morgan fingerprint density at radius 3 is 2.33 bits per heavy atom. The van der Waals surface area contributed by atoms with Crippen molar-refractivity contribution in [2.75, 3.05) is 43.3 Å². The van der Waals surface area contributed by atoms with Crippen molar-refractivity contribution < 1.29 is 36.6 Å². The van der Waals surface area contributed by atoms with Crippen LogP contribution < -0.4 is 28.6 Å². The Morgan fingerprint density at radius 1 is 1.00 bits per heavy atom. The van der Waals surface area contributed by atoms with Gasteiger partial charge in [0, 0.05) is 23.4 Å². The van der Waals surface area contributed by atoms with E-state index in [-0.39, 0.29) is 34.9 Å². The summed E-state index contributed by atoms with van der Waals surface area (Å²) in [6, 6.07) is 13.5. The third-order valence-electron chi connectivity index (χ3n) is 5.49. The van der Waals surface area contributed by atoms with Gasteiger partial charge in [0.25, 0.3) is 5.91 Å². The average Bonchev–Trinajstić information content (AvgIpc) is 2.86. The maximum absolute atomic E-state index is 14.4. The van der Waals surface area contributed by atoms with Crippen molar-refractivity contribution >= 4 is 27.3 Å². The Hall–Kier alpha value is -3.99. The molecule has 11 heteroatoms. The van der Waals surface area contributed by atoms with Gasteiger partial charge in [0.15, 0.2) is 23.0 Å². The molecule has 1 heterocycles. The molecule has 3 aromatic rings. The molecule has 1 aliphatic heterocycles. The monoisotopic (exact) mass is 516 g/mol. The van der Waals surface area contributed by atoms with Crippen molar-refractivity contribution in [3.05, 3.63) is 71.5 Å². The fourth-order valence-electron chi connectivity index (χ4n) is 3.74. The minimum absolute atomic E-state index is 0.00607. The van der Waals surface area contributed by atoms with Gasteiger partial charge >= 0.3 is 0 Å². The highest BCUT2D eigenvalue weighted by atomic mass is 32.2. The number of carbonyl (C=O) groups excluding carboxylic acids is 1. The number of rotatable bonds is 8. The first-order valence-electron chi connectivity index (χ1n) is 10.9. The maximum Gasteiger partial charge on any atom is 0.257 e. The molecule has 0 aliphatic carbocycles. The standard InChI is InChI=1S/C25H25FN2O7S/c1-32-22-13-18(25(29)27-17-8-9-21-24(12-17)35-11-10-34-21)20(14-23(22)33-2)28(36(3,30)31)15-16-6-4-5-7-19(16)26/h4-9,12-14H,10-11,15H2,1-3H3,(H,27,29). The van der Waals surface area contributed by atoms with E-state index in [0.717, 1.165) is 10.6 Å². The van der Waals surface area contributed by atoms with Crippen LogP contribution >= 0.6 is 0 Å². The molecule has 0 radical (unpaired) electrons. The minimum Gasteiger partial charge on any atom is -0.493 e. The van der Waals surface area contributed by atoms with Crippen LogP contribution in [0.5, 0.6) is 23.0 Å². The second kappa shape index (κ2) is 10.3. The van der Waals surface area contributed by atoms with Gasteiger partial charge in [0.05, 0.1) is 38.3 Å². The topological polar surface area (TPSA) is 103 Å². The van der Waals surface area contributed by atoms with Gasteiger partial charge in [-0.25, -0.2) is 12.8 Å². The van der Waals surface area contributed by atoms with Crippen LogP contribution in [0, 0.1) is 5.82 Å². The third kappa shape index (κ3) is 5.30. The Balaban J connectivity index is 1.78. The SMILES string of the molecule is COc1cc(C(=O)Nc2ccc3c(c2)OCCO3)c(N(Cc2ccccc2F)S(C)(=O)=O)cc1OC. The smallest absolute Gasteiger partial charge is 0.257 e. The van der Waals surface area contributed by atoms with Gasteiger partial charge in [-0.3, -0.25) is 9.10 Å². The van der Waals surface area contributed by atoms with E-state index in [2.05, 4.69) is 5.32 Å². The van der Waals surface area contributed by atoms with Crippen molar-refractivity contribution in [1.29, 1.82) is 0 Å². The Labute approximate surface area is 208 Å². The molecule has 0 spiro atoms. The van der Waals surface area contributed by atoms with Crippen LogP contribution in [-0.4, -0.2) is 48.0 Å². The summed E-state index contributed by atoms with van der Waals surface area (Å²) in [6.07, 6.45) is 0.979. The van der Waals surface area contributed by atoms with Gasteiger partial charge in [-0.05, 0) is 24.3 Å². The molecule has 36 heavy (non-hydrogen) atoms. The van der Waals surface area contributed by atoms with E-state index in [1.54, 1.807) is 24.3 Å². The normalized spacial score (nSPS) is 12.6. The van der Waals surface area contributed by atoms with Crippen molar-refractivity contribution in [2.24, 2.45) is 0 Å². The summed E-state index contributed by atoms with van der Waals surface area (Å²) in [5.41, 5.74) is 0.513. The summed E-state index contributed by atoms with van der Waals surface area (Å²) >= 11 is 0. The number of hydrogen-bond acceptors (Lipinski definition) is 7. The molecule has 0 fully saturated rings. The van der Waals surface area contributed by atoms with Crippen LogP contribution in [0.2, 0.25) is 0 Å². The molecule has 0 atom stereocenters. The van der Waals surface area contributed by atoms with Crippen molar-refractivity contribution in [3.8, 4) is 23.0 Å². The highest BCUT2D eigenvalue weighted by Gasteiger charge is 2.27. The van der Waals surface area contributed by atoms with E-state index < -0.39 is 21.7 Å². The third-order valence-corrected chi connectivity index (χ3v) is 6.61. The van der Waals surface area contributed by atoms with Crippen LogP contribution in [0.25, 0.3) is 0 Å². The predicted molar refractivity (Wildman–Crippen MR) is 132 cm³/mol. The van der Waals surface area contributed by atoms with Crippen LogP contribution in [0.1, 0.15) is 15.9 Å². The molecular formula is C25H25FN2O7S. The molecule has 1 aliphatic rings. The number of carbonyl (C=O) groups is 1. The molecule has 190 valence electrons. The Kier molecular flexibility index (Phi) is 7.20. The summed E-state index contributed by atoms with van der Waals surface area (Å²) in [5, 5.41) is 2.75. The highest BCUT2D eigenvalue weighted by Crippen LogP contribution is 2.38. The van der Waals surface area contributed by atoms with Gasteiger partial charge in [-0.15, -0.1) is 0 Å². The highest BCUT2D eigenvalue weighted by molar-refractivity contribution is 7.92. The number of ether oxygens (including phenoxy) is 4. The first kappa shape index (κ1) is 25.1. The summed E-state index contributed by atoms with van der Waals surface area (Å²) in [6.45, 7) is 0.464. The van der Waals surface area contributed by atoms with E-state index in [0.29, 0.717) is 30.4 Å². The van der Waals surface area contributed by atoms with Gasteiger partial charge in [-0.1, -0.05) is 18.2 Å². The van der Waals surface area contributed by atoms with E-state index in [4.69, 9.17) is 18.9 Å². The number of benzene rings is 3. The first-order chi connectivity index (χ1) is 17.2. The molecule has 0 bridgehead atoms. The van der Waals surface area contributed by atoms with Crippen molar-refractivity contribution in [1.82, 2.24) is 0 Å². The number of fused-ring (bicyclic) bond motifs is 1. The van der Waals surface area contributed by atoms with Gasteiger partial charge < -0.3 is 24.3 Å². The maximum atomic E-state index is 14.4. The number of anilines is 2. The number of halogens is 1. The zero-order chi connectivity index (χ0) is 25.9. The summed E-state index contributed by atoms with van der Waals surface area (Å²) < 4.78 is 62.9. The minimum atomic E-state index is -3.96. The second-order valence-electron chi connectivity index (χ2n) is 7.90. The van der Waals surface area contributed by atoms with Gasteiger partial charge in [0.1, 0.15) is 19.0 Å². The lowest BCUT2D eigenvalue weighted by atomic mass is 10.1. The number of amides is 1. The molecular weight excluding hydrogens is 491 g/mol. The lowest BCUT2D eigenvalue weighted by Gasteiger charge is -2.26. The molecule has 0 saturated carbocycles. The molecule has 1 N–H and O–H groups in total. The zero-order valence-electron chi connectivity index (χ0n) is 19.9. The van der Waals surface area contributed by atoms with Crippen LogP contribution in [-0.2, 0) is 16.6 Å². The van der Waals surface area contributed by atoms with Gasteiger partial charge in [-0.2, -0.15) is 0 Å². The number of hydrogen-bond donors (Lipinski definition) is 1. The quantitative estimate of drug-likeness (QED) is 0.485.